The molecule has 0 saturated carbocycles. The van der Waals surface area contributed by atoms with Gasteiger partial charge >= 0.3 is 0 Å². The van der Waals surface area contributed by atoms with Crippen molar-refractivity contribution in [2.45, 2.75) is 51.6 Å². The normalized spacial score (nSPS) is 15.6. The SMILES string of the molecule is Brc1cnn2cc(-c3ccc(OCCN4CCCCC4)cc3)cnc12.C[C@H](O)c1cccc(-c2cnn3cc(-c4ccc(OCCN5CCCCC5)cc4)cnc23)c1. The van der Waals surface area contributed by atoms with E-state index < -0.39 is 6.10 Å². The van der Waals surface area contributed by atoms with Crippen LogP contribution in [0, 0.1) is 0 Å². The molecule has 1 N–H and O–H groups in total. The Bertz CT molecular complexity index is 2380. The van der Waals surface area contributed by atoms with Gasteiger partial charge in [0.15, 0.2) is 11.3 Å². The Morgan fingerprint density at radius 3 is 1.67 bits per heavy atom. The van der Waals surface area contributed by atoms with Gasteiger partial charge in [-0.2, -0.15) is 10.2 Å². The van der Waals surface area contributed by atoms with Crippen LogP contribution in [0.25, 0.3) is 44.7 Å². The van der Waals surface area contributed by atoms with Crippen LogP contribution in [-0.4, -0.2) is 96.6 Å². The number of aromatic nitrogens is 6. The van der Waals surface area contributed by atoms with Crippen molar-refractivity contribution in [3.05, 3.63) is 120 Å². The van der Waals surface area contributed by atoms with E-state index in [2.05, 4.69) is 65.2 Å². The summed E-state index contributed by atoms with van der Waals surface area (Å²) in [7, 11) is 0. The minimum absolute atomic E-state index is 0.511. The van der Waals surface area contributed by atoms with Gasteiger partial charge in [0, 0.05) is 54.6 Å². The van der Waals surface area contributed by atoms with Crippen molar-refractivity contribution >= 4 is 27.2 Å². The van der Waals surface area contributed by atoms with Crippen LogP contribution in [0.3, 0.4) is 0 Å². The molecule has 0 bridgehead atoms. The van der Waals surface area contributed by atoms with E-state index in [9.17, 15) is 5.11 Å². The molecule has 9 rings (SSSR count). The fraction of sp³-hybridized carbons (Fsp3) is 0.348. The largest absolute Gasteiger partial charge is 0.492 e. The molecule has 11 nitrogen and oxygen atoms in total. The number of hydrogen-bond donors (Lipinski definition) is 1. The van der Waals surface area contributed by atoms with Crippen LogP contribution in [0.5, 0.6) is 11.5 Å². The fourth-order valence-corrected chi connectivity index (χ4v) is 8.00. The molecule has 12 heteroatoms. The third-order valence-electron chi connectivity index (χ3n) is 11.0. The number of aliphatic hydroxyl groups is 1. The van der Waals surface area contributed by atoms with E-state index in [0.717, 1.165) is 92.5 Å². The Morgan fingerprint density at radius 1 is 0.603 bits per heavy atom. The molecule has 7 aromatic rings. The Kier molecular flexibility index (Phi) is 13.0. The predicted molar refractivity (Wildman–Crippen MR) is 232 cm³/mol. The molecule has 2 aliphatic heterocycles. The van der Waals surface area contributed by atoms with Crippen molar-refractivity contribution in [3.8, 4) is 44.9 Å². The lowest BCUT2D eigenvalue weighted by molar-refractivity contribution is 0.183. The number of ether oxygens (including phenoxy) is 2. The van der Waals surface area contributed by atoms with Gasteiger partial charge in [-0.25, -0.2) is 19.0 Å². The summed E-state index contributed by atoms with van der Waals surface area (Å²) in [5, 5.41) is 18.7. The summed E-state index contributed by atoms with van der Waals surface area (Å²) in [6.07, 6.45) is 18.8. The van der Waals surface area contributed by atoms with Crippen molar-refractivity contribution in [3.63, 3.8) is 0 Å². The minimum atomic E-state index is -0.511. The van der Waals surface area contributed by atoms with Crippen molar-refractivity contribution in [1.29, 1.82) is 0 Å². The van der Waals surface area contributed by atoms with E-state index in [-0.39, 0.29) is 0 Å². The smallest absolute Gasteiger partial charge is 0.169 e. The molecule has 0 spiro atoms. The molecule has 2 saturated heterocycles. The first kappa shape index (κ1) is 39.7. The van der Waals surface area contributed by atoms with E-state index in [4.69, 9.17) is 14.5 Å². The van der Waals surface area contributed by atoms with Crippen LogP contribution in [0.4, 0.5) is 0 Å². The number of benzene rings is 3. The van der Waals surface area contributed by atoms with Gasteiger partial charge in [-0.05, 0) is 127 Å². The topological polar surface area (TPSA) is 106 Å². The molecule has 0 amide bonds. The summed E-state index contributed by atoms with van der Waals surface area (Å²) in [6.45, 7) is 10.0. The van der Waals surface area contributed by atoms with Crippen LogP contribution in [-0.2, 0) is 0 Å². The Morgan fingerprint density at radius 2 is 1.12 bits per heavy atom. The van der Waals surface area contributed by atoms with Gasteiger partial charge in [-0.15, -0.1) is 0 Å². The van der Waals surface area contributed by atoms with E-state index >= 15 is 0 Å². The van der Waals surface area contributed by atoms with E-state index in [1.807, 2.05) is 84.0 Å². The quantitative estimate of drug-likeness (QED) is 0.129. The summed E-state index contributed by atoms with van der Waals surface area (Å²) < 4.78 is 16.3. The van der Waals surface area contributed by atoms with E-state index in [0.29, 0.717) is 0 Å². The fourth-order valence-electron chi connectivity index (χ4n) is 7.63. The molecule has 58 heavy (non-hydrogen) atoms. The van der Waals surface area contributed by atoms with Gasteiger partial charge in [-0.3, -0.25) is 9.80 Å². The number of fused-ring (bicyclic) bond motifs is 2. The molecular formula is C46H51BrN8O3. The third kappa shape index (κ3) is 9.93. The van der Waals surface area contributed by atoms with Crippen molar-refractivity contribution in [2.24, 2.45) is 0 Å². The third-order valence-corrected chi connectivity index (χ3v) is 11.5. The van der Waals surface area contributed by atoms with Crippen molar-refractivity contribution in [2.75, 3.05) is 52.5 Å². The Hall–Kier alpha value is -5.14. The maximum Gasteiger partial charge on any atom is 0.169 e. The Labute approximate surface area is 348 Å². The lowest BCUT2D eigenvalue weighted by atomic mass is 10.0. The monoisotopic (exact) mass is 842 g/mol. The zero-order valence-corrected chi connectivity index (χ0v) is 34.7. The Balaban J connectivity index is 0.000000168. The zero-order valence-electron chi connectivity index (χ0n) is 33.1. The van der Waals surface area contributed by atoms with Gasteiger partial charge in [0.25, 0.3) is 0 Å². The molecule has 300 valence electrons. The van der Waals surface area contributed by atoms with Crippen LogP contribution in [0.2, 0.25) is 0 Å². The van der Waals surface area contributed by atoms with Crippen LogP contribution in [0.15, 0.2) is 114 Å². The second kappa shape index (κ2) is 19.1. The number of halogens is 1. The summed E-state index contributed by atoms with van der Waals surface area (Å²) in [6, 6.07) is 24.2. The summed E-state index contributed by atoms with van der Waals surface area (Å²) in [5.41, 5.74) is 8.63. The molecule has 1 atom stereocenters. The average Bonchev–Trinajstić information content (AvgIpc) is 3.88. The van der Waals surface area contributed by atoms with Gasteiger partial charge in [0.05, 0.1) is 23.0 Å². The number of hydrogen-bond acceptors (Lipinski definition) is 9. The number of rotatable bonds is 12. The molecule has 2 fully saturated rings. The van der Waals surface area contributed by atoms with Crippen LogP contribution in [0.1, 0.15) is 57.1 Å². The second-order valence-corrected chi connectivity index (χ2v) is 16.0. The highest BCUT2D eigenvalue weighted by atomic mass is 79.9. The average molecular weight is 844 g/mol. The molecule has 4 aromatic heterocycles. The van der Waals surface area contributed by atoms with E-state index in [1.54, 1.807) is 17.6 Å². The van der Waals surface area contributed by atoms with E-state index in [1.165, 1.54) is 64.7 Å². The lowest BCUT2D eigenvalue weighted by Gasteiger charge is -2.26. The molecular weight excluding hydrogens is 792 g/mol. The number of nitrogens with zero attached hydrogens (tertiary/aromatic N) is 8. The molecule has 0 aliphatic carbocycles. The van der Waals surface area contributed by atoms with Crippen molar-refractivity contribution in [1.82, 2.24) is 39.0 Å². The highest BCUT2D eigenvalue weighted by molar-refractivity contribution is 9.10. The summed E-state index contributed by atoms with van der Waals surface area (Å²) >= 11 is 3.44. The lowest BCUT2D eigenvalue weighted by Crippen LogP contribution is -2.33. The predicted octanol–water partition coefficient (Wildman–Crippen LogP) is 9.00. The number of aliphatic hydroxyl groups excluding tert-OH is 1. The maximum atomic E-state index is 9.90. The van der Waals surface area contributed by atoms with Crippen molar-refractivity contribution < 1.29 is 14.6 Å². The van der Waals surface area contributed by atoms with Gasteiger partial charge in [-0.1, -0.05) is 55.3 Å². The molecule has 3 aromatic carbocycles. The second-order valence-electron chi connectivity index (χ2n) is 15.1. The molecule has 6 heterocycles. The molecule has 0 unspecified atom stereocenters. The highest BCUT2D eigenvalue weighted by Crippen LogP contribution is 2.29. The van der Waals surface area contributed by atoms with Crippen LogP contribution >= 0.6 is 15.9 Å². The van der Waals surface area contributed by atoms with Gasteiger partial charge in [0.1, 0.15) is 24.7 Å². The highest BCUT2D eigenvalue weighted by Gasteiger charge is 2.13. The number of likely N-dealkylation sites (tertiary alicyclic amines) is 2. The first-order valence-corrected chi connectivity index (χ1v) is 21.3. The summed E-state index contributed by atoms with van der Waals surface area (Å²) in [4.78, 5) is 14.1. The summed E-state index contributed by atoms with van der Waals surface area (Å²) in [5.74, 6) is 1.81. The van der Waals surface area contributed by atoms with Gasteiger partial charge < -0.3 is 14.6 Å². The standard InChI is InChI=1S/C27H30N4O2.C19H21BrN4O/c1-20(32)22-6-5-7-23(16-22)26-18-29-31-19-24(17-28-27(26)31)21-8-10-25(11-9-21)33-15-14-30-12-3-2-4-13-30;20-18-13-22-24-14-16(12-21-19(18)24)15-4-6-17(7-5-15)25-11-10-23-8-2-1-3-9-23/h5-11,16-20,32H,2-4,12-15H2,1H3;4-7,12-14H,1-3,8-11H2/t20-;/m0./s1. The molecule has 2 aliphatic rings. The number of piperidine rings is 2. The first-order valence-electron chi connectivity index (χ1n) is 20.5. The van der Waals surface area contributed by atoms with Crippen LogP contribution < -0.4 is 9.47 Å². The minimum Gasteiger partial charge on any atom is -0.492 e. The zero-order chi connectivity index (χ0) is 39.7. The first-order chi connectivity index (χ1) is 28.5. The maximum absolute atomic E-state index is 9.90. The van der Waals surface area contributed by atoms with Gasteiger partial charge in [0.2, 0.25) is 0 Å². The molecule has 0 radical (unpaired) electrons.